The summed E-state index contributed by atoms with van der Waals surface area (Å²) < 4.78 is 9.04. The Balaban J connectivity index is 3.14. The van der Waals surface area contributed by atoms with Gasteiger partial charge in [-0.05, 0) is 12.1 Å². The highest BCUT2D eigenvalue weighted by Gasteiger charge is 2.17. The lowest BCUT2D eigenvalue weighted by molar-refractivity contribution is -0.137. The molecule has 0 heterocycles. The average molecular weight is 295 g/mol. The number of thioether (sulfide) groups is 1. The van der Waals surface area contributed by atoms with Crippen LogP contribution in [0.2, 0.25) is 0 Å². The second-order valence-electron chi connectivity index (χ2n) is 3.49. The molecule has 0 bridgehead atoms. The molecule has 7 heteroatoms. The van der Waals surface area contributed by atoms with E-state index in [-0.39, 0.29) is 10.5 Å². The summed E-state index contributed by atoms with van der Waals surface area (Å²) in [5.74, 6) is -2.04. The molecule has 0 aliphatic carbocycles. The van der Waals surface area contributed by atoms with E-state index in [1.54, 1.807) is 18.2 Å². The molecule has 0 aliphatic rings. The number of amides is 1. The largest absolute Gasteiger partial charge is 0.466 e. The first-order valence-electron chi connectivity index (χ1n) is 5.44. The van der Waals surface area contributed by atoms with Crippen LogP contribution in [0.3, 0.4) is 0 Å². The lowest BCUT2D eigenvalue weighted by Crippen LogP contribution is -2.12. The Morgan fingerprint density at radius 1 is 1.15 bits per heavy atom. The van der Waals surface area contributed by atoms with Crippen LogP contribution in [0, 0.1) is 0 Å². The van der Waals surface area contributed by atoms with Crippen LogP contribution >= 0.6 is 11.8 Å². The number of hydrogen-bond acceptors (Lipinski definition) is 6. The van der Waals surface area contributed by atoms with Crippen LogP contribution in [-0.4, -0.2) is 32.1 Å². The summed E-state index contributed by atoms with van der Waals surface area (Å²) >= 11 is 0.905. The summed E-state index contributed by atoms with van der Waals surface area (Å²) in [5.41, 5.74) is 5.49. The van der Waals surface area contributed by atoms with Crippen molar-refractivity contribution in [2.45, 2.75) is 4.90 Å². The molecule has 0 atom stereocenters. The van der Waals surface area contributed by atoms with Crippen molar-refractivity contribution in [2.75, 3.05) is 14.2 Å². The number of ether oxygens (including phenoxy) is 2. The van der Waals surface area contributed by atoms with Gasteiger partial charge in [0.15, 0.2) is 0 Å². The lowest BCUT2D eigenvalue weighted by atomic mass is 10.2. The summed E-state index contributed by atoms with van der Waals surface area (Å²) in [6.45, 7) is 0. The molecule has 0 aliphatic heterocycles. The Labute approximate surface area is 119 Å². The van der Waals surface area contributed by atoms with E-state index in [9.17, 15) is 14.4 Å². The highest BCUT2D eigenvalue weighted by atomic mass is 32.2. The minimum atomic E-state index is -0.709. The van der Waals surface area contributed by atoms with E-state index in [0.29, 0.717) is 4.90 Å². The third-order valence-corrected chi connectivity index (χ3v) is 3.29. The van der Waals surface area contributed by atoms with Gasteiger partial charge in [0.2, 0.25) is 5.91 Å². The van der Waals surface area contributed by atoms with Crippen molar-refractivity contribution in [1.29, 1.82) is 0 Å². The van der Waals surface area contributed by atoms with Gasteiger partial charge in [-0.2, -0.15) is 0 Å². The van der Waals surface area contributed by atoms with Crippen LogP contribution in [0.15, 0.2) is 40.1 Å². The number of methoxy groups -OCH3 is 2. The van der Waals surface area contributed by atoms with Crippen LogP contribution in [0.5, 0.6) is 0 Å². The zero-order valence-electron chi connectivity index (χ0n) is 10.9. The van der Waals surface area contributed by atoms with Crippen molar-refractivity contribution in [1.82, 2.24) is 0 Å². The Morgan fingerprint density at radius 2 is 1.80 bits per heavy atom. The lowest BCUT2D eigenvalue weighted by Gasteiger charge is -2.08. The van der Waals surface area contributed by atoms with Crippen LogP contribution in [-0.2, 0) is 19.1 Å². The molecule has 0 unspecified atom stereocenters. The predicted octanol–water partition coefficient (Wildman–Crippen LogP) is 1.11. The fourth-order valence-electron chi connectivity index (χ4n) is 1.27. The first kappa shape index (κ1) is 15.8. The molecular weight excluding hydrogens is 282 g/mol. The number of carbonyl (C=O) groups excluding carboxylic acids is 3. The Morgan fingerprint density at radius 3 is 2.35 bits per heavy atom. The molecule has 6 nitrogen and oxygen atoms in total. The average Bonchev–Trinajstić information content (AvgIpc) is 2.45. The van der Waals surface area contributed by atoms with Gasteiger partial charge < -0.3 is 15.2 Å². The maximum absolute atomic E-state index is 11.6. The molecule has 2 N–H and O–H groups in total. The fraction of sp³-hybridized carbons (Fsp3) is 0.154. The van der Waals surface area contributed by atoms with Crippen molar-refractivity contribution in [3.8, 4) is 0 Å². The van der Waals surface area contributed by atoms with E-state index in [4.69, 9.17) is 5.73 Å². The second-order valence-corrected chi connectivity index (χ2v) is 4.57. The summed E-state index contributed by atoms with van der Waals surface area (Å²) in [6.07, 6.45) is 0.994. The van der Waals surface area contributed by atoms with Crippen molar-refractivity contribution in [3.05, 3.63) is 40.8 Å². The summed E-state index contributed by atoms with van der Waals surface area (Å²) in [5, 5.41) is 0. The third kappa shape index (κ3) is 4.13. The van der Waals surface area contributed by atoms with E-state index in [0.717, 1.165) is 17.8 Å². The molecule has 1 amide bonds. The molecule has 0 saturated carbocycles. The van der Waals surface area contributed by atoms with Crippen LogP contribution in [0.4, 0.5) is 0 Å². The van der Waals surface area contributed by atoms with E-state index in [1.807, 2.05) is 0 Å². The number of nitrogens with two attached hydrogens (primary N) is 1. The summed E-state index contributed by atoms with van der Waals surface area (Å²) in [4.78, 5) is 34.6. The zero-order valence-corrected chi connectivity index (χ0v) is 11.7. The number of carbonyl (C=O) groups is 3. The topological polar surface area (TPSA) is 95.7 Å². The van der Waals surface area contributed by atoms with E-state index < -0.39 is 17.8 Å². The van der Waals surface area contributed by atoms with Gasteiger partial charge >= 0.3 is 11.9 Å². The maximum atomic E-state index is 11.6. The fourth-order valence-corrected chi connectivity index (χ4v) is 2.26. The standard InChI is InChI=1S/C13H13NO5S/c1-18-11(15)7-10(13(17)19-2)20-9-6-4-3-5-8(9)12(14)16/h3-7H,1-2H3,(H2,14,16)/b10-7-. The molecule has 20 heavy (non-hydrogen) atoms. The second kappa shape index (κ2) is 7.34. The number of hydrogen-bond donors (Lipinski definition) is 1. The highest BCUT2D eigenvalue weighted by Crippen LogP contribution is 2.30. The van der Waals surface area contributed by atoms with Gasteiger partial charge in [0.1, 0.15) is 4.91 Å². The van der Waals surface area contributed by atoms with Crippen LogP contribution < -0.4 is 5.73 Å². The molecule has 0 fully saturated rings. The number of primary amides is 1. The highest BCUT2D eigenvalue weighted by molar-refractivity contribution is 8.04. The summed E-state index contributed by atoms with van der Waals surface area (Å²) in [7, 11) is 2.38. The Bertz CT molecular complexity index is 568. The van der Waals surface area contributed by atoms with Crippen molar-refractivity contribution >= 4 is 29.6 Å². The van der Waals surface area contributed by atoms with Gasteiger partial charge in [0.25, 0.3) is 0 Å². The quantitative estimate of drug-likeness (QED) is 0.496. The molecule has 0 aromatic heterocycles. The van der Waals surface area contributed by atoms with E-state index >= 15 is 0 Å². The molecule has 1 rings (SSSR count). The van der Waals surface area contributed by atoms with Gasteiger partial charge in [-0.3, -0.25) is 4.79 Å². The zero-order chi connectivity index (χ0) is 15.1. The smallest absolute Gasteiger partial charge is 0.344 e. The first-order chi connectivity index (χ1) is 9.49. The minimum absolute atomic E-state index is 0.00644. The number of benzene rings is 1. The SMILES string of the molecule is COC(=O)/C=C(\Sc1ccccc1C(N)=O)C(=O)OC. The van der Waals surface area contributed by atoms with Crippen molar-refractivity contribution in [3.63, 3.8) is 0 Å². The van der Waals surface area contributed by atoms with E-state index in [2.05, 4.69) is 9.47 Å². The van der Waals surface area contributed by atoms with Crippen LogP contribution in [0.25, 0.3) is 0 Å². The van der Waals surface area contributed by atoms with Crippen LogP contribution in [0.1, 0.15) is 10.4 Å². The van der Waals surface area contributed by atoms with Gasteiger partial charge in [0.05, 0.1) is 19.8 Å². The van der Waals surface area contributed by atoms with E-state index in [1.165, 1.54) is 20.3 Å². The maximum Gasteiger partial charge on any atom is 0.344 e. The first-order valence-corrected chi connectivity index (χ1v) is 6.26. The molecule has 106 valence electrons. The molecule has 1 aromatic carbocycles. The molecular formula is C13H13NO5S. The van der Waals surface area contributed by atoms with Gasteiger partial charge in [-0.1, -0.05) is 23.9 Å². The monoisotopic (exact) mass is 295 g/mol. The van der Waals surface area contributed by atoms with Crippen molar-refractivity contribution < 1.29 is 23.9 Å². The molecule has 0 saturated heterocycles. The Hall–Kier alpha value is -2.28. The van der Waals surface area contributed by atoms with Gasteiger partial charge in [0, 0.05) is 11.0 Å². The third-order valence-electron chi connectivity index (χ3n) is 2.21. The molecule has 1 aromatic rings. The number of rotatable bonds is 5. The number of esters is 2. The molecule has 0 spiro atoms. The van der Waals surface area contributed by atoms with Gasteiger partial charge in [-0.25, -0.2) is 9.59 Å². The minimum Gasteiger partial charge on any atom is -0.466 e. The predicted molar refractivity (Wildman–Crippen MR) is 72.9 cm³/mol. The molecule has 0 radical (unpaired) electrons. The van der Waals surface area contributed by atoms with Crippen molar-refractivity contribution in [2.24, 2.45) is 5.73 Å². The van der Waals surface area contributed by atoms with Gasteiger partial charge in [-0.15, -0.1) is 0 Å². The Kier molecular flexibility index (Phi) is 5.79. The summed E-state index contributed by atoms with van der Waals surface area (Å²) in [6, 6.07) is 6.46. The normalized spacial score (nSPS) is 10.8.